The number of hydrogen-bond acceptors (Lipinski definition) is 4. The minimum Gasteiger partial charge on any atom is -0.497 e. The van der Waals surface area contributed by atoms with E-state index in [2.05, 4.69) is 23.6 Å². The number of ether oxygens (including phenoxy) is 2. The first-order valence-corrected chi connectivity index (χ1v) is 9.00. The number of benzene rings is 2. The highest BCUT2D eigenvalue weighted by Crippen LogP contribution is 2.21. The predicted molar refractivity (Wildman–Crippen MR) is 105 cm³/mol. The molecule has 2 aromatic rings. The third-order valence-electron chi connectivity index (χ3n) is 4.14. The Bertz CT molecular complexity index is 699. The van der Waals surface area contributed by atoms with Crippen LogP contribution in [0, 0.1) is 6.92 Å². The Morgan fingerprint density at radius 1 is 1.04 bits per heavy atom. The average molecular weight is 356 g/mol. The van der Waals surface area contributed by atoms with Crippen molar-refractivity contribution in [1.82, 2.24) is 5.32 Å². The summed E-state index contributed by atoms with van der Waals surface area (Å²) in [6, 6.07) is 13.6. The van der Waals surface area contributed by atoms with Crippen LogP contribution in [-0.2, 0) is 11.2 Å². The highest BCUT2D eigenvalue weighted by molar-refractivity contribution is 5.92. The Morgan fingerprint density at radius 2 is 1.77 bits per heavy atom. The van der Waals surface area contributed by atoms with Gasteiger partial charge in [0.05, 0.1) is 7.11 Å². The maximum absolute atomic E-state index is 12.2. The molecule has 140 valence electrons. The molecule has 0 aliphatic heterocycles. The molecule has 0 unspecified atom stereocenters. The molecule has 5 nitrogen and oxygen atoms in total. The van der Waals surface area contributed by atoms with Crippen LogP contribution in [-0.4, -0.2) is 32.7 Å². The fourth-order valence-electron chi connectivity index (χ4n) is 2.64. The molecular weight excluding hydrogens is 328 g/mol. The topological polar surface area (TPSA) is 59.6 Å². The van der Waals surface area contributed by atoms with Crippen molar-refractivity contribution in [1.29, 1.82) is 0 Å². The Morgan fingerprint density at radius 3 is 2.46 bits per heavy atom. The molecule has 0 bridgehead atoms. The van der Waals surface area contributed by atoms with Gasteiger partial charge in [0, 0.05) is 25.2 Å². The standard InChI is InChI=1S/C21H28N2O3/c1-4-17-7-5-6-16(2)21(17)23-20(24)12-13-22-14-15-26-19-10-8-18(25-3)9-11-19/h5-11,22H,4,12-15H2,1-3H3,(H,23,24). The molecule has 2 N–H and O–H groups in total. The first-order chi connectivity index (χ1) is 12.6. The van der Waals surface area contributed by atoms with Crippen LogP contribution in [0.1, 0.15) is 24.5 Å². The number of methoxy groups -OCH3 is 1. The first kappa shape index (κ1) is 19.8. The van der Waals surface area contributed by atoms with Crippen molar-refractivity contribution in [3.05, 3.63) is 53.6 Å². The van der Waals surface area contributed by atoms with Gasteiger partial charge in [0.2, 0.25) is 5.91 Å². The number of carbonyl (C=O) groups excluding carboxylic acids is 1. The predicted octanol–water partition coefficient (Wildman–Crippen LogP) is 3.56. The Balaban J connectivity index is 1.64. The quantitative estimate of drug-likeness (QED) is 0.639. The largest absolute Gasteiger partial charge is 0.497 e. The van der Waals surface area contributed by atoms with Crippen LogP contribution in [0.5, 0.6) is 11.5 Å². The summed E-state index contributed by atoms with van der Waals surface area (Å²) >= 11 is 0. The zero-order chi connectivity index (χ0) is 18.8. The van der Waals surface area contributed by atoms with E-state index in [1.165, 1.54) is 5.56 Å². The zero-order valence-corrected chi connectivity index (χ0v) is 15.8. The maximum atomic E-state index is 12.2. The normalized spacial score (nSPS) is 10.4. The number of hydrogen-bond donors (Lipinski definition) is 2. The molecule has 5 heteroatoms. The van der Waals surface area contributed by atoms with E-state index in [9.17, 15) is 4.79 Å². The van der Waals surface area contributed by atoms with E-state index in [0.717, 1.165) is 29.2 Å². The summed E-state index contributed by atoms with van der Waals surface area (Å²) < 4.78 is 10.7. The Labute approximate surface area is 155 Å². The number of nitrogens with one attached hydrogen (secondary N) is 2. The highest BCUT2D eigenvalue weighted by Gasteiger charge is 2.08. The van der Waals surface area contributed by atoms with Crippen molar-refractivity contribution in [2.24, 2.45) is 0 Å². The van der Waals surface area contributed by atoms with Crippen LogP contribution in [0.2, 0.25) is 0 Å². The second-order valence-electron chi connectivity index (χ2n) is 6.03. The van der Waals surface area contributed by atoms with Crippen LogP contribution in [0.3, 0.4) is 0 Å². The number of rotatable bonds is 10. The molecule has 1 amide bonds. The summed E-state index contributed by atoms with van der Waals surface area (Å²) in [5, 5.41) is 6.26. The molecule has 0 radical (unpaired) electrons. The van der Waals surface area contributed by atoms with E-state index in [1.807, 2.05) is 43.3 Å². The van der Waals surface area contributed by atoms with Gasteiger partial charge in [-0.3, -0.25) is 4.79 Å². The Kier molecular flexibility index (Phi) is 7.96. The van der Waals surface area contributed by atoms with Crippen molar-refractivity contribution in [3.63, 3.8) is 0 Å². The van der Waals surface area contributed by atoms with Gasteiger partial charge < -0.3 is 20.1 Å². The fourth-order valence-corrected chi connectivity index (χ4v) is 2.64. The van der Waals surface area contributed by atoms with Gasteiger partial charge in [0.1, 0.15) is 18.1 Å². The van der Waals surface area contributed by atoms with Gasteiger partial charge in [-0.25, -0.2) is 0 Å². The van der Waals surface area contributed by atoms with Gasteiger partial charge in [-0.05, 0) is 48.7 Å². The van der Waals surface area contributed by atoms with Gasteiger partial charge in [-0.2, -0.15) is 0 Å². The van der Waals surface area contributed by atoms with E-state index in [1.54, 1.807) is 7.11 Å². The summed E-state index contributed by atoms with van der Waals surface area (Å²) in [7, 11) is 1.64. The van der Waals surface area contributed by atoms with E-state index in [-0.39, 0.29) is 5.91 Å². The number of aryl methyl sites for hydroxylation is 2. The lowest BCUT2D eigenvalue weighted by molar-refractivity contribution is -0.116. The molecule has 2 rings (SSSR count). The van der Waals surface area contributed by atoms with E-state index < -0.39 is 0 Å². The lowest BCUT2D eigenvalue weighted by atomic mass is 10.1. The molecule has 0 atom stereocenters. The van der Waals surface area contributed by atoms with Gasteiger partial charge >= 0.3 is 0 Å². The second kappa shape index (κ2) is 10.5. The molecule has 0 fully saturated rings. The SMILES string of the molecule is CCc1cccc(C)c1NC(=O)CCNCCOc1ccc(OC)cc1. The van der Waals surface area contributed by atoms with Gasteiger partial charge in [0.25, 0.3) is 0 Å². The third-order valence-corrected chi connectivity index (χ3v) is 4.14. The van der Waals surface area contributed by atoms with Gasteiger partial charge in [-0.1, -0.05) is 25.1 Å². The number of para-hydroxylation sites is 1. The smallest absolute Gasteiger partial charge is 0.225 e. The van der Waals surface area contributed by atoms with Crippen LogP contribution in [0.25, 0.3) is 0 Å². The molecule has 0 saturated carbocycles. The van der Waals surface area contributed by atoms with Gasteiger partial charge in [-0.15, -0.1) is 0 Å². The van der Waals surface area contributed by atoms with E-state index >= 15 is 0 Å². The first-order valence-electron chi connectivity index (χ1n) is 9.00. The lowest BCUT2D eigenvalue weighted by Gasteiger charge is -2.13. The molecule has 2 aromatic carbocycles. The molecule has 0 saturated heterocycles. The molecule has 0 spiro atoms. The number of anilines is 1. The highest BCUT2D eigenvalue weighted by atomic mass is 16.5. The average Bonchev–Trinajstić information content (AvgIpc) is 2.66. The molecule has 0 aliphatic rings. The van der Waals surface area contributed by atoms with Crippen molar-refractivity contribution in [2.75, 3.05) is 32.1 Å². The van der Waals surface area contributed by atoms with Crippen molar-refractivity contribution in [3.8, 4) is 11.5 Å². The summed E-state index contributed by atoms with van der Waals surface area (Å²) in [5.41, 5.74) is 3.21. The summed E-state index contributed by atoms with van der Waals surface area (Å²) in [5.74, 6) is 1.64. The lowest BCUT2D eigenvalue weighted by Crippen LogP contribution is -2.26. The van der Waals surface area contributed by atoms with Crippen LogP contribution < -0.4 is 20.1 Å². The molecule has 0 heterocycles. The number of amides is 1. The van der Waals surface area contributed by atoms with E-state index in [0.29, 0.717) is 26.1 Å². The molecule has 26 heavy (non-hydrogen) atoms. The number of carbonyl (C=O) groups is 1. The fraction of sp³-hybridized carbons (Fsp3) is 0.381. The second-order valence-corrected chi connectivity index (χ2v) is 6.03. The molecule has 0 aliphatic carbocycles. The maximum Gasteiger partial charge on any atom is 0.225 e. The molecule has 0 aromatic heterocycles. The van der Waals surface area contributed by atoms with Crippen LogP contribution in [0.4, 0.5) is 5.69 Å². The van der Waals surface area contributed by atoms with Crippen molar-refractivity contribution in [2.45, 2.75) is 26.7 Å². The monoisotopic (exact) mass is 356 g/mol. The van der Waals surface area contributed by atoms with Crippen LogP contribution >= 0.6 is 0 Å². The van der Waals surface area contributed by atoms with E-state index in [4.69, 9.17) is 9.47 Å². The minimum atomic E-state index is 0.0255. The minimum absolute atomic E-state index is 0.0255. The zero-order valence-electron chi connectivity index (χ0n) is 15.8. The Hall–Kier alpha value is -2.53. The summed E-state index contributed by atoms with van der Waals surface area (Å²) in [6.45, 7) is 5.96. The van der Waals surface area contributed by atoms with Crippen LogP contribution in [0.15, 0.2) is 42.5 Å². The van der Waals surface area contributed by atoms with Gasteiger partial charge in [0.15, 0.2) is 0 Å². The van der Waals surface area contributed by atoms with Crippen molar-refractivity contribution < 1.29 is 14.3 Å². The third kappa shape index (κ3) is 6.08. The van der Waals surface area contributed by atoms with Crippen molar-refractivity contribution >= 4 is 11.6 Å². The molecular formula is C21H28N2O3. The summed E-state index contributed by atoms with van der Waals surface area (Å²) in [6.07, 6.45) is 1.33. The summed E-state index contributed by atoms with van der Waals surface area (Å²) in [4.78, 5) is 12.2.